The summed E-state index contributed by atoms with van der Waals surface area (Å²) in [6.45, 7) is 6.50. The van der Waals surface area contributed by atoms with Crippen LogP contribution in [0.4, 0.5) is 5.69 Å². The largest absolute Gasteiger partial charge is 0.508 e. The van der Waals surface area contributed by atoms with E-state index in [0.29, 0.717) is 14.3 Å². The molecule has 2 nitrogen and oxygen atoms in total. The second kappa shape index (κ2) is 8.50. The van der Waals surface area contributed by atoms with E-state index < -0.39 is 0 Å². The second-order valence-corrected chi connectivity index (χ2v) is 8.90. The summed E-state index contributed by atoms with van der Waals surface area (Å²) >= 11 is 0. The van der Waals surface area contributed by atoms with Gasteiger partial charge in [-0.15, -0.1) is 0 Å². The van der Waals surface area contributed by atoms with Gasteiger partial charge in [0.2, 0.25) is 0 Å². The molecule has 0 amide bonds. The van der Waals surface area contributed by atoms with Crippen LogP contribution in [0.2, 0.25) is 0 Å². The Morgan fingerprint density at radius 1 is 1.00 bits per heavy atom. The lowest BCUT2D eigenvalue weighted by Crippen LogP contribution is -2.20. The van der Waals surface area contributed by atoms with Crippen LogP contribution in [0.5, 0.6) is 5.75 Å². The Balaban J connectivity index is 1.94. The fourth-order valence-corrected chi connectivity index (χ4v) is 4.69. The van der Waals surface area contributed by atoms with E-state index in [9.17, 15) is 5.11 Å². The van der Waals surface area contributed by atoms with Crippen molar-refractivity contribution < 1.29 is 5.11 Å². The molecule has 1 N–H and O–H groups in total. The molecule has 0 aromatic heterocycles. The summed E-state index contributed by atoms with van der Waals surface area (Å²) in [7, 11) is 0.534. The molecule has 0 radical (unpaired) electrons. The maximum Gasteiger partial charge on any atom is 0.119 e. The van der Waals surface area contributed by atoms with Crippen molar-refractivity contribution in [2.24, 2.45) is 4.99 Å². The Bertz CT molecular complexity index is 936. The van der Waals surface area contributed by atoms with Crippen molar-refractivity contribution >= 4 is 25.8 Å². The summed E-state index contributed by atoms with van der Waals surface area (Å²) in [5.41, 5.74) is 4.28. The van der Waals surface area contributed by atoms with E-state index in [4.69, 9.17) is 0 Å². The highest BCUT2D eigenvalue weighted by molar-refractivity contribution is 7.48. The van der Waals surface area contributed by atoms with Crippen molar-refractivity contribution in [1.29, 1.82) is 0 Å². The number of rotatable bonds is 6. The molecule has 0 bridgehead atoms. The third-order valence-corrected chi connectivity index (χ3v) is 6.83. The van der Waals surface area contributed by atoms with E-state index in [1.54, 1.807) is 0 Å². The number of aromatic hydroxyl groups is 1. The molecular formula is C24H26NOP. The molecule has 0 aliphatic rings. The Labute approximate surface area is 163 Å². The van der Waals surface area contributed by atoms with Gasteiger partial charge >= 0.3 is 0 Å². The van der Waals surface area contributed by atoms with Crippen LogP contribution >= 0.6 is 8.58 Å². The quantitative estimate of drug-likeness (QED) is 0.411. The third-order valence-electron chi connectivity index (χ3n) is 4.93. The van der Waals surface area contributed by atoms with Gasteiger partial charge in [0.05, 0.1) is 5.69 Å². The third kappa shape index (κ3) is 4.64. The van der Waals surface area contributed by atoms with Gasteiger partial charge in [-0.2, -0.15) is 0 Å². The first-order valence-corrected chi connectivity index (χ1v) is 10.3. The van der Waals surface area contributed by atoms with Crippen LogP contribution in [0, 0.1) is 6.92 Å². The van der Waals surface area contributed by atoms with Gasteiger partial charge in [-0.05, 0) is 36.8 Å². The molecule has 3 aromatic carbocycles. The Morgan fingerprint density at radius 3 is 2.44 bits per heavy atom. The minimum atomic E-state index is -0.118. The lowest BCUT2D eigenvalue weighted by Gasteiger charge is -2.30. The monoisotopic (exact) mass is 375 g/mol. The van der Waals surface area contributed by atoms with E-state index in [1.165, 1.54) is 10.9 Å². The molecule has 0 spiro atoms. The predicted molar refractivity (Wildman–Crippen MR) is 119 cm³/mol. The van der Waals surface area contributed by atoms with Gasteiger partial charge in [0.15, 0.2) is 0 Å². The molecule has 138 valence electrons. The second-order valence-electron chi connectivity index (χ2n) is 7.01. The number of nitrogens with zero attached hydrogens (tertiary/aromatic N) is 1. The maximum absolute atomic E-state index is 10.5. The summed E-state index contributed by atoms with van der Waals surface area (Å²) < 4.78 is 0. The highest BCUT2D eigenvalue weighted by Gasteiger charge is 2.28. The van der Waals surface area contributed by atoms with E-state index in [2.05, 4.69) is 50.0 Å². The minimum absolute atomic E-state index is 0.118. The fourth-order valence-electron chi connectivity index (χ4n) is 3.12. The van der Waals surface area contributed by atoms with Crippen LogP contribution in [0.1, 0.15) is 37.0 Å². The summed E-state index contributed by atoms with van der Waals surface area (Å²) in [5, 5.41) is 11.6. The number of phenolic OH excluding ortho intramolecular Hbond substituents is 1. The number of aryl methyl sites for hydroxylation is 1. The smallest absolute Gasteiger partial charge is 0.119 e. The van der Waals surface area contributed by atoms with Crippen LogP contribution in [0.25, 0.3) is 0 Å². The molecule has 2 unspecified atom stereocenters. The first-order valence-electron chi connectivity index (χ1n) is 9.28. The zero-order valence-corrected chi connectivity index (χ0v) is 17.1. The van der Waals surface area contributed by atoms with E-state index in [1.807, 2.05) is 54.7 Å². The number of hydrogen-bond acceptors (Lipinski definition) is 2. The van der Waals surface area contributed by atoms with Gasteiger partial charge in [-0.1, -0.05) is 82.6 Å². The van der Waals surface area contributed by atoms with Gasteiger partial charge in [0.1, 0.15) is 5.75 Å². The average Bonchev–Trinajstić information content (AvgIpc) is 2.70. The molecule has 2 atom stereocenters. The summed E-state index contributed by atoms with van der Waals surface area (Å²) in [4.78, 5) is 4.63. The van der Waals surface area contributed by atoms with Gasteiger partial charge in [0, 0.05) is 22.5 Å². The Kier molecular flexibility index (Phi) is 6.08. The minimum Gasteiger partial charge on any atom is -0.508 e. The number of hydrogen-bond donors (Lipinski definition) is 1. The molecule has 0 aliphatic heterocycles. The molecule has 0 saturated carbocycles. The first kappa shape index (κ1) is 19.3. The van der Waals surface area contributed by atoms with Crippen molar-refractivity contribution in [1.82, 2.24) is 0 Å². The van der Waals surface area contributed by atoms with Crippen LogP contribution in [-0.4, -0.2) is 11.3 Å². The zero-order valence-electron chi connectivity index (χ0n) is 16.1. The number of benzene rings is 3. The normalized spacial score (nSPS) is 14.0. The van der Waals surface area contributed by atoms with Crippen molar-refractivity contribution in [3.8, 4) is 5.75 Å². The van der Waals surface area contributed by atoms with Crippen LogP contribution in [0.3, 0.4) is 0 Å². The highest BCUT2D eigenvalue weighted by Crippen LogP contribution is 2.47. The topological polar surface area (TPSA) is 32.6 Å². The van der Waals surface area contributed by atoms with Crippen molar-refractivity contribution in [3.63, 3.8) is 0 Å². The number of aliphatic imine (C=N–C) groups is 1. The molecule has 0 saturated heterocycles. The lowest BCUT2D eigenvalue weighted by molar-refractivity contribution is 0.456. The summed E-state index contributed by atoms with van der Waals surface area (Å²) in [6.07, 6.45) is 2.90. The Morgan fingerprint density at radius 2 is 1.70 bits per heavy atom. The molecule has 0 fully saturated rings. The van der Waals surface area contributed by atoms with Crippen molar-refractivity contribution in [2.75, 3.05) is 0 Å². The summed E-state index contributed by atoms with van der Waals surface area (Å²) in [5.74, 6) is 0.382. The van der Waals surface area contributed by atoms with E-state index >= 15 is 0 Å². The van der Waals surface area contributed by atoms with E-state index in [-0.39, 0.29) is 5.16 Å². The molecule has 3 rings (SSSR count). The van der Waals surface area contributed by atoms with Gasteiger partial charge in [0.25, 0.3) is 0 Å². The molecular weight excluding hydrogens is 349 g/mol. The van der Waals surface area contributed by atoms with E-state index in [0.717, 1.165) is 23.2 Å². The van der Waals surface area contributed by atoms with Crippen LogP contribution in [-0.2, 0) is 5.16 Å². The molecule has 3 aromatic rings. The van der Waals surface area contributed by atoms with Gasteiger partial charge in [-0.3, -0.25) is 4.99 Å². The molecule has 3 heteroatoms. The standard InChI is InChI=1S/C24H26NOP/c1-4-24(3,21-16-18(2)14-15-22(21)26)27-23-13-9-8-10-19(23)17-25-20-11-6-5-7-12-20/h5-17,26-27H,4H2,1-3H3/b25-17+. The van der Waals surface area contributed by atoms with Crippen molar-refractivity contribution in [3.05, 3.63) is 89.5 Å². The maximum atomic E-state index is 10.5. The predicted octanol–water partition coefficient (Wildman–Crippen LogP) is 6.08. The number of para-hydroxylation sites is 1. The molecule has 27 heavy (non-hydrogen) atoms. The SMILES string of the molecule is CCC(C)(Pc1ccccc1/C=N/c1ccccc1)c1cc(C)ccc1O. The molecule has 0 aliphatic carbocycles. The van der Waals surface area contributed by atoms with Gasteiger partial charge < -0.3 is 5.11 Å². The van der Waals surface area contributed by atoms with Crippen LogP contribution in [0.15, 0.2) is 77.8 Å². The van der Waals surface area contributed by atoms with Gasteiger partial charge in [-0.25, -0.2) is 0 Å². The summed E-state index contributed by atoms with van der Waals surface area (Å²) in [6, 6.07) is 24.3. The zero-order chi connectivity index (χ0) is 19.3. The average molecular weight is 375 g/mol. The highest BCUT2D eigenvalue weighted by atomic mass is 31.1. The molecule has 0 heterocycles. The first-order chi connectivity index (χ1) is 13.0. The number of phenols is 1. The lowest BCUT2D eigenvalue weighted by atomic mass is 9.95. The van der Waals surface area contributed by atoms with Crippen molar-refractivity contribution in [2.45, 2.75) is 32.3 Å². The van der Waals surface area contributed by atoms with Crippen LogP contribution < -0.4 is 5.30 Å². The fraction of sp³-hybridized carbons (Fsp3) is 0.208. The Hall–Kier alpha value is -2.44.